The molecule has 1 aliphatic carbocycles. The van der Waals surface area contributed by atoms with Crippen LogP contribution in [0.25, 0.3) is 11.0 Å². The van der Waals surface area contributed by atoms with Crippen LogP contribution in [-0.2, 0) is 17.9 Å². The molecule has 1 aliphatic heterocycles. The molecule has 0 amide bonds. The topological polar surface area (TPSA) is 80.5 Å². The van der Waals surface area contributed by atoms with Gasteiger partial charge in [0.05, 0.1) is 23.5 Å². The van der Waals surface area contributed by atoms with Crippen LogP contribution in [0.3, 0.4) is 0 Å². The first-order valence-electron chi connectivity index (χ1n) is 14.9. The van der Waals surface area contributed by atoms with Crippen molar-refractivity contribution in [2.24, 2.45) is 5.92 Å². The molecule has 4 aromatic rings. The number of aromatic nitrogens is 3. The molecule has 0 bridgehead atoms. The highest BCUT2D eigenvalue weighted by molar-refractivity contribution is 5.79. The molecular formula is C33H35F3N4O3. The second-order valence-corrected chi connectivity index (χ2v) is 11.7. The monoisotopic (exact) mass is 592 g/mol. The SMILES string of the molecule is Cc1cnc(COc2ccc3nc(C4CCCCC4C(=O)O)n(Cc4ccc(N5CCC(F)CC5)cc4F)c3c2)c(F)c1. The molecule has 10 heteroatoms. The first-order chi connectivity index (χ1) is 20.8. The summed E-state index contributed by atoms with van der Waals surface area (Å²) in [6.45, 7) is 2.92. The molecule has 2 fully saturated rings. The number of nitrogens with zero attached hydrogens (tertiary/aromatic N) is 4. The van der Waals surface area contributed by atoms with Crippen molar-refractivity contribution in [1.82, 2.24) is 14.5 Å². The fourth-order valence-corrected chi connectivity index (χ4v) is 6.35. The Balaban J connectivity index is 1.35. The zero-order chi connectivity index (χ0) is 30.1. The summed E-state index contributed by atoms with van der Waals surface area (Å²) in [7, 11) is 0. The van der Waals surface area contributed by atoms with E-state index in [1.54, 1.807) is 37.4 Å². The Kier molecular flexibility index (Phi) is 8.27. The van der Waals surface area contributed by atoms with Crippen LogP contribution in [0.15, 0.2) is 48.7 Å². The van der Waals surface area contributed by atoms with E-state index in [1.807, 2.05) is 15.5 Å². The van der Waals surface area contributed by atoms with Gasteiger partial charge in [-0.05, 0) is 68.5 Å². The van der Waals surface area contributed by atoms with Crippen LogP contribution >= 0.6 is 0 Å². The number of fused-ring (bicyclic) bond motifs is 1. The number of hydrogen-bond donors (Lipinski definition) is 1. The fourth-order valence-electron chi connectivity index (χ4n) is 6.35. The lowest BCUT2D eigenvalue weighted by Crippen LogP contribution is -2.34. The number of hydrogen-bond acceptors (Lipinski definition) is 5. The standard InChI is InChI=1S/C33H35F3N4O3/c1-20-14-28(36)30(37-17-20)19-43-24-8-9-29-31(16-24)40(32(38-29)25-4-2-3-5-26(25)33(41)42)18-21-6-7-23(15-27(21)35)39-12-10-22(34)11-13-39/h6-9,14-17,22,25-26H,2-5,10-13,18-19H2,1H3,(H,41,42). The minimum Gasteiger partial charge on any atom is -0.487 e. The molecule has 1 N–H and O–H groups in total. The van der Waals surface area contributed by atoms with Gasteiger partial charge in [-0.2, -0.15) is 0 Å². The van der Waals surface area contributed by atoms with Gasteiger partial charge in [0.2, 0.25) is 0 Å². The number of pyridine rings is 1. The summed E-state index contributed by atoms with van der Waals surface area (Å²) < 4.78 is 51.4. The van der Waals surface area contributed by atoms with Crippen molar-refractivity contribution in [2.75, 3.05) is 18.0 Å². The van der Waals surface area contributed by atoms with E-state index in [4.69, 9.17) is 9.72 Å². The normalized spacial score (nSPS) is 19.6. The number of halogens is 3. The Morgan fingerprint density at radius 3 is 2.56 bits per heavy atom. The van der Waals surface area contributed by atoms with Gasteiger partial charge in [0.15, 0.2) is 0 Å². The highest BCUT2D eigenvalue weighted by Gasteiger charge is 2.35. The van der Waals surface area contributed by atoms with Crippen LogP contribution < -0.4 is 9.64 Å². The lowest BCUT2D eigenvalue weighted by molar-refractivity contribution is -0.143. The number of alkyl halides is 1. The van der Waals surface area contributed by atoms with Crippen LogP contribution in [-0.4, -0.2) is 44.9 Å². The van der Waals surface area contributed by atoms with Crippen molar-refractivity contribution < 1.29 is 27.8 Å². The number of imidazole rings is 1. The number of aryl methyl sites for hydroxylation is 1. The van der Waals surface area contributed by atoms with Crippen LogP contribution in [0.2, 0.25) is 0 Å². The van der Waals surface area contributed by atoms with E-state index >= 15 is 4.39 Å². The van der Waals surface area contributed by atoms with Crippen molar-refractivity contribution in [1.29, 1.82) is 0 Å². The van der Waals surface area contributed by atoms with Crippen LogP contribution in [0.1, 0.15) is 67.1 Å². The lowest BCUT2D eigenvalue weighted by Gasteiger charge is -2.31. The van der Waals surface area contributed by atoms with Gasteiger partial charge >= 0.3 is 5.97 Å². The van der Waals surface area contributed by atoms with E-state index in [1.165, 1.54) is 12.1 Å². The van der Waals surface area contributed by atoms with E-state index in [2.05, 4.69) is 4.98 Å². The highest BCUT2D eigenvalue weighted by atomic mass is 19.1. The van der Waals surface area contributed by atoms with Crippen LogP contribution in [0.4, 0.5) is 18.9 Å². The molecule has 2 aliphatic rings. The molecule has 2 aromatic heterocycles. The Morgan fingerprint density at radius 1 is 1.02 bits per heavy atom. The van der Waals surface area contributed by atoms with E-state index in [0.717, 1.165) is 18.5 Å². The predicted molar refractivity (Wildman–Crippen MR) is 157 cm³/mol. The molecule has 2 unspecified atom stereocenters. The summed E-state index contributed by atoms with van der Waals surface area (Å²) in [6.07, 6.45) is 4.58. The minimum absolute atomic E-state index is 0.0714. The Hall–Kier alpha value is -4.08. The van der Waals surface area contributed by atoms with Crippen molar-refractivity contribution in [3.8, 4) is 5.75 Å². The molecule has 0 spiro atoms. The lowest BCUT2D eigenvalue weighted by atomic mass is 9.78. The van der Waals surface area contributed by atoms with Gasteiger partial charge in [-0.25, -0.2) is 18.2 Å². The largest absolute Gasteiger partial charge is 0.487 e. The van der Waals surface area contributed by atoms with Gasteiger partial charge in [0, 0.05) is 42.5 Å². The quantitative estimate of drug-likeness (QED) is 0.239. The third-order valence-corrected chi connectivity index (χ3v) is 8.75. The van der Waals surface area contributed by atoms with E-state index in [0.29, 0.717) is 72.5 Å². The number of piperidine rings is 1. The molecule has 7 nitrogen and oxygen atoms in total. The predicted octanol–water partition coefficient (Wildman–Crippen LogP) is 6.94. The number of carbonyl (C=O) groups is 1. The molecule has 3 heterocycles. The summed E-state index contributed by atoms with van der Waals surface area (Å²) in [5, 5.41) is 10.0. The third kappa shape index (κ3) is 6.19. The molecule has 6 rings (SSSR count). The van der Waals surface area contributed by atoms with E-state index in [-0.39, 0.29) is 30.6 Å². The molecule has 2 aromatic carbocycles. The van der Waals surface area contributed by atoms with Crippen LogP contribution in [0.5, 0.6) is 5.75 Å². The van der Waals surface area contributed by atoms with Gasteiger partial charge in [-0.3, -0.25) is 9.78 Å². The number of carboxylic acid groups (broad SMARTS) is 1. The fraction of sp³-hybridized carbons (Fsp3) is 0.424. The second-order valence-electron chi connectivity index (χ2n) is 11.7. The third-order valence-electron chi connectivity index (χ3n) is 8.75. The van der Waals surface area contributed by atoms with E-state index < -0.39 is 23.9 Å². The van der Waals surface area contributed by atoms with E-state index in [9.17, 15) is 18.7 Å². The molecule has 1 saturated carbocycles. The summed E-state index contributed by atoms with van der Waals surface area (Å²) in [4.78, 5) is 23.2. The average Bonchev–Trinajstić information content (AvgIpc) is 3.35. The molecule has 226 valence electrons. The smallest absolute Gasteiger partial charge is 0.307 e. The minimum atomic E-state index is -0.854. The zero-order valence-corrected chi connectivity index (χ0v) is 24.1. The Bertz CT molecular complexity index is 1630. The van der Waals surface area contributed by atoms with Crippen molar-refractivity contribution in [2.45, 2.75) is 70.7 Å². The number of aliphatic carboxylic acids is 1. The zero-order valence-electron chi connectivity index (χ0n) is 24.1. The number of anilines is 1. The van der Waals surface area contributed by atoms with Crippen molar-refractivity contribution >= 4 is 22.7 Å². The molecule has 1 saturated heterocycles. The highest BCUT2D eigenvalue weighted by Crippen LogP contribution is 2.40. The molecule has 2 atom stereocenters. The number of carboxylic acids is 1. The van der Waals surface area contributed by atoms with Gasteiger partial charge in [-0.1, -0.05) is 18.9 Å². The number of benzene rings is 2. The van der Waals surface area contributed by atoms with Gasteiger partial charge < -0.3 is 19.3 Å². The Labute approximate surface area is 248 Å². The number of ether oxygens (including phenoxy) is 1. The maximum atomic E-state index is 15.6. The molecule has 43 heavy (non-hydrogen) atoms. The van der Waals surface area contributed by atoms with Gasteiger partial charge in [0.25, 0.3) is 0 Å². The average molecular weight is 593 g/mol. The van der Waals surface area contributed by atoms with Crippen LogP contribution in [0, 0.1) is 24.5 Å². The van der Waals surface area contributed by atoms with Crippen molar-refractivity contribution in [3.63, 3.8) is 0 Å². The summed E-state index contributed by atoms with van der Waals surface area (Å²) in [5.74, 6) is -1.52. The maximum absolute atomic E-state index is 15.6. The van der Waals surface area contributed by atoms with Gasteiger partial charge in [-0.15, -0.1) is 0 Å². The maximum Gasteiger partial charge on any atom is 0.307 e. The number of rotatable bonds is 8. The second kappa shape index (κ2) is 12.3. The van der Waals surface area contributed by atoms with Gasteiger partial charge in [0.1, 0.15) is 41.7 Å². The first-order valence-corrected chi connectivity index (χ1v) is 14.9. The Morgan fingerprint density at radius 2 is 1.81 bits per heavy atom. The first kappa shape index (κ1) is 29.0. The summed E-state index contributed by atoms with van der Waals surface area (Å²) >= 11 is 0. The molecular weight excluding hydrogens is 557 g/mol. The van der Waals surface area contributed by atoms with Crippen molar-refractivity contribution in [3.05, 3.63) is 82.9 Å². The summed E-state index contributed by atoms with van der Waals surface area (Å²) in [6, 6.07) is 11.8. The summed E-state index contributed by atoms with van der Waals surface area (Å²) in [5.41, 5.74) is 3.37. The molecule has 0 radical (unpaired) electrons.